The van der Waals surface area contributed by atoms with Crippen LogP contribution >= 0.6 is 11.3 Å². The maximum absolute atomic E-state index is 11.8. The summed E-state index contributed by atoms with van der Waals surface area (Å²) in [4.78, 5) is 16.5. The first-order chi connectivity index (χ1) is 10.7. The Kier molecular flexibility index (Phi) is 4.32. The predicted octanol–water partition coefficient (Wildman–Crippen LogP) is 3.15. The molecular formula is C16H15N3O2S. The number of carbonyl (C=O) groups is 1. The van der Waals surface area contributed by atoms with Gasteiger partial charge in [-0.05, 0) is 29.7 Å². The van der Waals surface area contributed by atoms with E-state index in [1.54, 1.807) is 24.5 Å². The number of hydrogen-bond donors (Lipinski definition) is 3. The molecule has 0 aliphatic rings. The second-order valence-corrected chi connectivity index (χ2v) is 5.89. The number of pyridine rings is 1. The van der Waals surface area contributed by atoms with Crippen molar-refractivity contribution < 1.29 is 9.90 Å². The first-order valence-electron chi connectivity index (χ1n) is 6.84. The molecule has 112 valence electrons. The summed E-state index contributed by atoms with van der Waals surface area (Å²) in [7, 11) is 0. The van der Waals surface area contributed by atoms with Crippen molar-refractivity contribution >= 4 is 33.1 Å². The number of hydrogen-bond acceptors (Lipinski definition) is 4. The van der Waals surface area contributed by atoms with Gasteiger partial charge in [-0.3, -0.25) is 4.98 Å². The van der Waals surface area contributed by atoms with Gasteiger partial charge in [0.25, 0.3) is 0 Å². The molecule has 0 radical (unpaired) electrons. The molecule has 0 fully saturated rings. The number of thiophene rings is 1. The van der Waals surface area contributed by atoms with Gasteiger partial charge < -0.3 is 15.7 Å². The van der Waals surface area contributed by atoms with E-state index in [1.165, 1.54) is 11.3 Å². The predicted molar refractivity (Wildman–Crippen MR) is 88.0 cm³/mol. The minimum atomic E-state index is -0.722. The number of rotatable bonds is 4. The molecule has 0 saturated carbocycles. The van der Waals surface area contributed by atoms with Gasteiger partial charge in [-0.15, -0.1) is 11.3 Å². The summed E-state index contributed by atoms with van der Waals surface area (Å²) in [5.41, 5.74) is 0.656. The molecular weight excluding hydrogens is 298 g/mol. The minimum Gasteiger partial charge on any atom is -0.386 e. The van der Waals surface area contributed by atoms with Crippen LogP contribution in [-0.2, 0) is 0 Å². The highest BCUT2D eigenvalue weighted by Gasteiger charge is 2.12. The lowest BCUT2D eigenvalue weighted by Gasteiger charge is -2.11. The second-order valence-electron chi connectivity index (χ2n) is 4.77. The topological polar surface area (TPSA) is 74.2 Å². The third-order valence-electron chi connectivity index (χ3n) is 3.17. The summed E-state index contributed by atoms with van der Waals surface area (Å²) in [5, 5.41) is 16.6. The van der Waals surface area contributed by atoms with Crippen molar-refractivity contribution in [2.75, 3.05) is 11.9 Å². The van der Waals surface area contributed by atoms with E-state index in [9.17, 15) is 9.90 Å². The van der Waals surface area contributed by atoms with Crippen LogP contribution in [0.5, 0.6) is 0 Å². The number of nitrogens with zero attached hydrogens (tertiary/aromatic N) is 1. The van der Waals surface area contributed by atoms with E-state index in [0.717, 1.165) is 15.0 Å². The molecule has 2 aromatic heterocycles. The van der Waals surface area contributed by atoms with Gasteiger partial charge in [-0.2, -0.15) is 0 Å². The smallest absolute Gasteiger partial charge is 0.319 e. The monoisotopic (exact) mass is 313 g/mol. The average molecular weight is 313 g/mol. The van der Waals surface area contributed by atoms with Gasteiger partial charge in [-0.25, -0.2) is 4.79 Å². The summed E-state index contributed by atoms with van der Waals surface area (Å²) in [6.07, 6.45) is 2.48. The van der Waals surface area contributed by atoms with Gasteiger partial charge in [0.15, 0.2) is 0 Å². The SMILES string of the molecule is O=C(NCC(O)c1cc2ccccc2s1)Nc1ccncc1. The standard InChI is InChI=1S/C16H15N3O2S/c20-13(15-9-11-3-1-2-4-14(11)22-15)10-18-16(21)19-12-5-7-17-8-6-12/h1-9,13,20H,10H2,(H2,17,18,19,21). The summed E-state index contributed by atoms with van der Waals surface area (Å²) >= 11 is 1.53. The van der Waals surface area contributed by atoms with E-state index in [4.69, 9.17) is 0 Å². The van der Waals surface area contributed by atoms with Crippen molar-refractivity contribution in [1.82, 2.24) is 10.3 Å². The van der Waals surface area contributed by atoms with Crippen molar-refractivity contribution in [3.63, 3.8) is 0 Å². The first-order valence-corrected chi connectivity index (χ1v) is 7.65. The summed E-state index contributed by atoms with van der Waals surface area (Å²) in [5.74, 6) is 0. The van der Waals surface area contributed by atoms with Crippen molar-refractivity contribution in [2.24, 2.45) is 0 Å². The molecule has 0 aliphatic carbocycles. The zero-order valence-electron chi connectivity index (χ0n) is 11.7. The van der Waals surface area contributed by atoms with Crippen LogP contribution in [0.3, 0.4) is 0 Å². The maximum atomic E-state index is 11.8. The highest BCUT2D eigenvalue weighted by Crippen LogP contribution is 2.29. The molecule has 1 aromatic carbocycles. The molecule has 2 amide bonds. The zero-order chi connectivity index (χ0) is 15.4. The fraction of sp³-hybridized carbons (Fsp3) is 0.125. The molecule has 0 aliphatic heterocycles. The number of anilines is 1. The molecule has 3 rings (SSSR count). The lowest BCUT2D eigenvalue weighted by molar-refractivity contribution is 0.178. The number of benzene rings is 1. The average Bonchev–Trinajstić information content (AvgIpc) is 2.98. The summed E-state index contributed by atoms with van der Waals surface area (Å²) < 4.78 is 1.12. The van der Waals surface area contributed by atoms with Crippen LogP contribution in [0.4, 0.5) is 10.5 Å². The Hall–Kier alpha value is -2.44. The van der Waals surface area contributed by atoms with E-state index in [0.29, 0.717) is 5.69 Å². The van der Waals surface area contributed by atoms with Crippen LogP contribution in [0.25, 0.3) is 10.1 Å². The lowest BCUT2D eigenvalue weighted by atomic mass is 10.2. The van der Waals surface area contributed by atoms with Crippen molar-refractivity contribution in [1.29, 1.82) is 0 Å². The minimum absolute atomic E-state index is 0.156. The Bertz CT molecular complexity index is 740. The van der Waals surface area contributed by atoms with E-state index in [-0.39, 0.29) is 12.6 Å². The number of urea groups is 1. The van der Waals surface area contributed by atoms with Gasteiger partial charge in [-0.1, -0.05) is 18.2 Å². The fourth-order valence-electron chi connectivity index (χ4n) is 2.07. The summed E-state index contributed by atoms with van der Waals surface area (Å²) in [6, 6.07) is 12.9. The molecule has 6 heteroatoms. The Morgan fingerprint density at radius 2 is 2.00 bits per heavy atom. The number of fused-ring (bicyclic) bond motifs is 1. The number of aromatic nitrogens is 1. The van der Waals surface area contributed by atoms with E-state index >= 15 is 0 Å². The second kappa shape index (κ2) is 6.55. The maximum Gasteiger partial charge on any atom is 0.319 e. The quantitative estimate of drug-likeness (QED) is 0.692. The van der Waals surface area contributed by atoms with Crippen molar-refractivity contribution in [2.45, 2.75) is 6.10 Å². The highest BCUT2D eigenvalue weighted by molar-refractivity contribution is 7.19. The van der Waals surface area contributed by atoms with Crippen LogP contribution < -0.4 is 10.6 Å². The Morgan fingerprint density at radius 3 is 2.77 bits per heavy atom. The molecule has 0 bridgehead atoms. The largest absolute Gasteiger partial charge is 0.386 e. The zero-order valence-corrected chi connectivity index (χ0v) is 12.5. The van der Waals surface area contributed by atoms with E-state index in [2.05, 4.69) is 15.6 Å². The third kappa shape index (κ3) is 3.41. The molecule has 1 atom stereocenters. The van der Waals surface area contributed by atoms with E-state index < -0.39 is 6.10 Å². The Morgan fingerprint density at radius 1 is 1.23 bits per heavy atom. The lowest BCUT2D eigenvalue weighted by Crippen LogP contribution is -2.32. The van der Waals surface area contributed by atoms with Gasteiger partial charge in [0.05, 0.1) is 6.54 Å². The third-order valence-corrected chi connectivity index (χ3v) is 4.38. The summed E-state index contributed by atoms with van der Waals surface area (Å²) in [6.45, 7) is 0.156. The first kappa shape index (κ1) is 14.5. The number of carbonyl (C=O) groups excluding carboxylic acids is 1. The molecule has 1 unspecified atom stereocenters. The molecule has 0 spiro atoms. The van der Waals surface area contributed by atoms with Gasteiger partial charge >= 0.3 is 6.03 Å². The molecule has 2 heterocycles. The van der Waals surface area contributed by atoms with Crippen LogP contribution in [-0.4, -0.2) is 22.7 Å². The fourth-order valence-corrected chi connectivity index (χ4v) is 3.12. The van der Waals surface area contributed by atoms with Crippen molar-refractivity contribution in [3.8, 4) is 0 Å². The molecule has 5 nitrogen and oxygen atoms in total. The van der Waals surface area contributed by atoms with Crippen molar-refractivity contribution in [3.05, 3.63) is 59.7 Å². The van der Waals surface area contributed by atoms with Gasteiger partial charge in [0, 0.05) is 27.7 Å². The highest BCUT2D eigenvalue weighted by atomic mass is 32.1. The van der Waals surface area contributed by atoms with Crippen LogP contribution in [0.2, 0.25) is 0 Å². The van der Waals surface area contributed by atoms with Crippen LogP contribution in [0.15, 0.2) is 54.9 Å². The van der Waals surface area contributed by atoms with Crippen LogP contribution in [0.1, 0.15) is 11.0 Å². The van der Waals surface area contributed by atoms with Gasteiger partial charge in [0.1, 0.15) is 6.10 Å². The van der Waals surface area contributed by atoms with Crippen LogP contribution in [0, 0.1) is 0 Å². The number of aliphatic hydroxyl groups excluding tert-OH is 1. The molecule has 22 heavy (non-hydrogen) atoms. The molecule has 3 N–H and O–H groups in total. The molecule has 3 aromatic rings. The van der Waals surface area contributed by atoms with Gasteiger partial charge in [0.2, 0.25) is 0 Å². The number of aliphatic hydroxyl groups is 1. The molecule has 0 saturated heterocycles. The van der Waals surface area contributed by atoms with E-state index in [1.807, 2.05) is 30.3 Å². The Labute approximate surface area is 131 Å². The number of amides is 2. The normalized spacial score (nSPS) is 12.0. The number of nitrogens with one attached hydrogen (secondary N) is 2. The Balaban J connectivity index is 1.57.